The van der Waals surface area contributed by atoms with Gasteiger partial charge in [-0.1, -0.05) is 74.8 Å². The summed E-state index contributed by atoms with van der Waals surface area (Å²) in [5.74, 6) is -0.379. The molecule has 0 saturated carbocycles. The van der Waals surface area contributed by atoms with Crippen LogP contribution in [0.5, 0.6) is 0 Å². The number of hydrogen-bond acceptors (Lipinski definition) is 3. The molecule has 0 heterocycles. The van der Waals surface area contributed by atoms with Crippen molar-refractivity contribution < 1.29 is 14.7 Å². The van der Waals surface area contributed by atoms with Gasteiger partial charge in [0.2, 0.25) is 5.91 Å². The summed E-state index contributed by atoms with van der Waals surface area (Å²) in [6.45, 7) is 2.23. The van der Waals surface area contributed by atoms with Crippen molar-refractivity contribution in [2.45, 2.75) is 96.4 Å². The molecule has 0 bridgehead atoms. The van der Waals surface area contributed by atoms with Crippen molar-refractivity contribution in [1.29, 1.82) is 0 Å². The van der Waals surface area contributed by atoms with Crippen LogP contribution >= 0.6 is 11.8 Å². The second-order valence-corrected chi connectivity index (χ2v) is 8.91. The van der Waals surface area contributed by atoms with Gasteiger partial charge in [0.25, 0.3) is 0 Å². The molecule has 0 rings (SSSR count). The molecular formula is C27H45NO3S. The quantitative estimate of drug-likeness (QED) is 0.139. The molecule has 0 aromatic rings. The molecule has 1 atom stereocenters. The number of hydrogen-bond donors (Lipinski definition) is 2. The Balaban J connectivity index is 3.63. The zero-order chi connectivity index (χ0) is 23.7. The van der Waals surface area contributed by atoms with Crippen molar-refractivity contribution in [2.24, 2.45) is 0 Å². The van der Waals surface area contributed by atoms with Crippen LogP contribution < -0.4 is 5.32 Å². The third-order valence-electron chi connectivity index (χ3n) is 4.98. The first-order valence-corrected chi connectivity index (χ1v) is 13.6. The SMILES string of the molecule is CCCCC/C=C\C/C=C\C/C=C\C/C=C\CCCCCC(=O)N[C@@H](CCSC)C(=O)O. The van der Waals surface area contributed by atoms with Crippen LogP contribution in [0, 0.1) is 0 Å². The van der Waals surface area contributed by atoms with Gasteiger partial charge in [-0.25, -0.2) is 4.79 Å². The van der Waals surface area contributed by atoms with E-state index in [1.807, 2.05) is 6.26 Å². The monoisotopic (exact) mass is 463 g/mol. The maximum atomic E-state index is 11.9. The number of carboxylic acid groups (broad SMARTS) is 1. The number of rotatable bonds is 21. The molecule has 0 radical (unpaired) electrons. The molecule has 4 nitrogen and oxygen atoms in total. The Hall–Kier alpha value is -1.75. The summed E-state index contributed by atoms with van der Waals surface area (Å²) in [5.41, 5.74) is 0. The topological polar surface area (TPSA) is 66.4 Å². The summed E-state index contributed by atoms with van der Waals surface area (Å²) in [6.07, 6.45) is 32.5. The first-order valence-electron chi connectivity index (χ1n) is 12.2. The predicted octanol–water partition coefficient (Wildman–Crippen LogP) is 7.23. The van der Waals surface area contributed by atoms with E-state index >= 15 is 0 Å². The van der Waals surface area contributed by atoms with E-state index in [9.17, 15) is 9.59 Å². The van der Waals surface area contributed by atoms with Gasteiger partial charge < -0.3 is 10.4 Å². The Kier molecular flexibility index (Phi) is 22.6. The van der Waals surface area contributed by atoms with Gasteiger partial charge in [-0.2, -0.15) is 11.8 Å². The highest BCUT2D eigenvalue weighted by Crippen LogP contribution is 2.06. The molecule has 182 valence electrons. The average Bonchev–Trinajstić information content (AvgIpc) is 2.78. The van der Waals surface area contributed by atoms with Crippen LogP contribution in [0.2, 0.25) is 0 Å². The van der Waals surface area contributed by atoms with Gasteiger partial charge in [0.05, 0.1) is 0 Å². The van der Waals surface area contributed by atoms with Crippen molar-refractivity contribution in [1.82, 2.24) is 5.32 Å². The van der Waals surface area contributed by atoms with Gasteiger partial charge >= 0.3 is 5.97 Å². The van der Waals surface area contributed by atoms with Gasteiger partial charge in [-0.15, -0.1) is 0 Å². The number of aliphatic carboxylic acids is 1. The number of carbonyl (C=O) groups excluding carboxylic acids is 1. The summed E-state index contributed by atoms with van der Waals surface area (Å²) < 4.78 is 0. The Morgan fingerprint density at radius 3 is 1.84 bits per heavy atom. The number of unbranched alkanes of at least 4 members (excludes halogenated alkanes) is 6. The van der Waals surface area contributed by atoms with E-state index in [-0.39, 0.29) is 5.91 Å². The van der Waals surface area contributed by atoms with Crippen LogP contribution in [0.3, 0.4) is 0 Å². The molecule has 32 heavy (non-hydrogen) atoms. The number of nitrogens with one attached hydrogen (secondary N) is 1. The Morgan fingerprint density at radius 1 is 0.812 bits per heavy atom. The van der Waals surface area contributed by atoms with Crippen LogP contribution in [0.15, 0.2) is 48.6 Å². The van der Waals surface area contributed by atoms with E-state index in [0.717, 1.165) is 50.7 Å². The Bertz CT molecular complexity index is 581. The van der Waals surface area contributed by atoms with Crippen molar-refractivity contribution in [3.05, 3.63) is 48.6 Å². The lowest BCUT2D eigenvalue weighted by Crippen LogP contribution is -2.41. The lowest BCUT2D eigenvalue weighted by atomic mass is 10.1. The average molecular weight is 464 g/mol. The second-order valence-electron chi connectivity index (χ2n) is 7.93. The normalized spacial score (nSPS) is 13.1. The molecule has 0 aromatic carbocycles. The molecule has 1 amide bonds. The molecule has 0 aromatic heterocycles. The number of amides is 1. The van der Waals surface area contributed by atoms with Gasteiger partial charge in [0.1, 0.15) is 6.04 Å². The largest absolute Gasteiger partial charge is 0.480 e. The smallest absolute Gasteiger partial charge is 0.326 e. The standard InChI is InChI=1S/C27H45NO3S/c1-3-4-5-6-7-8-9-10-11-12-13-14-15-16-17-18-19-20-21-22-26(29)28-25(27(30)31)23-24-32-2/h7-8,10-11,13-14,16-17,25H,3-6,9,12,15,18-24H2,1-2H3,(H,28,29)(H,30,31)/b8-7-,11-10-,14-13-,17-16-/t25-/m0/s1. The zero-order valence-electron chi connectivity index (χ0n) is 20.3. The van der Waals surface area contributed by atoms with E-state index in [1.165, 1.54) is 25.7 Å². The van der Waals surface area contributed by atoms with Crippen LogP contribution in [-0.2, 0) is 9.59 Å². The second kappa shape index (κ2) is 23.9. The van der Waals surface area contributed by atoms with Gasteiger partial charge in [-0.05, 0) is 69.8 Å². The third kappa shape index (κ3) is 21.5. The van der Waals surface area contributed by atoms with Crippen LogP contribution in [0.25, 0.3) is 0 Å². The highest BCUT2D eigenvalue weighted by atomic mass is 32.2. The molecular weight excluding hydrogens is 418 g/mol. The van der Waals surface area contributed by atoms with Crippen LogP contribution in [0.4, 0.5) is 0 Å². The number of thioether (sulfide) groups is 1. The van der Waals surface area contributed by atoms with E-state index in [4.69, 9.17) is 5.11 Å². The third-order valence-corrected chi connectivity index (χ3v) is 5.62. The molecule has 0 aliphatic carbocycles. The first-order chi connectivity index (χ1) is 15.6. The Morgan fingerprint density at radius 2 is 1.34 bits per heavy atom. The number of allylic oxidation sites excluding steroid dienone is 8. The fraction of sp³-hybridized carbons (Fsp3) is 0.630. The summed E-state index contributed by atoms with van der Waals surface area (Å²) in [4.78, 5) is 23.0. The molecule has 0 aliphatic rings. The molecule has 0 spiro atoms. The highest BCUT2D eigenvalue weighted by Gasteiger charge is 2.18. The molecule has 0 aliphatic heterocycles. The maximum Gasteiger partial charge on any atom is 0.326 e. The van der Waals surface area contributed by atoms with Crippen LogP contribution in [0.1, 0.15) is 90.4 Å². The fourth-order valence-electron chi connectivity index (χ4n) is 3.05. The molecule has 0 fully saturated rings. The fourth-order valence-corrected chi connectivity index (χ4v) is 3.52. The predicted molar refractivity (Wildman–Crippen MR) is 140 cm³/mol. The minimum absolute atomic E-state index is 0.156. The molecule has 5 heteroatoms. The van der Waals surface area contributed by atoms with E-state index in [2.05, 4.69) is 60.8 Å². The molecule has 0 saturated heterocycles. The van der Waals surface area contributed by atoms with E-state index in [0.29, 0.717) is 12.8 Å². The van der Waals surface area contributed by atoms with Crippen molar-refractivity contribution >= 4 is 23.6 Å². The zero-order valence-corrected chi connectivity index (χ0v) is 21.1. The van der Waals surface area contributed by atoms with Crippen molar-refractivity contribution in [3.63, 3.8) is 0 Å². The van der Waals surface area contributed by atoms with Crippen LogP contribution in [-0.4, -0.2) is 35.0 Å². The van der Waals surface area contributed by atoms with Gasteiger partial charge in [0, 0.05) is 6.42 Å². The molecule has 0 unspecified atom stereocenters. The number of carboxylic acids is 1. The lowest BCUT2D eigenvalue weighted by Gasteiger charge is -2.13. The number of carbonyl (C=O) groups is 2. The van der Waals surface area contributed by atoms with Crippen molar-refractivity contribution in [2.75, 3.05) is 12.0 Å². The summed E-state index contributed by atoms with van der Waals surface area (Å²) in [5, 5.41) is 11.8. The van der Waals surface area contributed by atoms with Gasteiger partial charge in [-0.3, -0.25) is 4.79 Å². The first kappa shape index (κ1) is 30.2. The van der Waals surface area contributed by atoms with E-state index in [1.54, 1.807) is 11.8 Å². The summed E-state index contributed by atoms with van der Waals surface area (Å²) in [6, 6.07) is -0.765. The summed E-state index contributed by atoms with van der Waals surface area (Å²) in [7, 11) is 0. The minimum Gasteiger partial charge on any atom is -0.480 e. The van der Waals surface area contributed by atoms with Gasteiger partial charge in [0.15, 0.2) is 0 Å². The lowest BCUT2D eigenvalue weighted by molar-refractivity contribution is -0.141. The minimum atomic E-state index is -0.951. The maximum absolute atomic E-state index is 11.9. The van der Waals surface area contributed by atoms with E-state index < -0.39 is 12.0 Å². The summed E-state index contributed by atoms with van der Waals surface area (Å²) >= 11 is 1.59. The molecule has 2 N–H and O–H groups in total. The highest BCUT2D eigenvalue weighted by molar-refractivity contribution is 7.98. The Labute approximate surface area is 200 Å². The van der Waals surface area contributed by atoms with Crippen molar-refractivity contribution in [3.8, 4) is 0 Å².